The lowest BCUT2D eigenvalue weighted by atomic mass is 9.79. The first-order chi connectivity index (χ1) is 31.9. The normalized spacial score (nSPS) is 38.4. The lowest BCUT2D eigenvalue weighted by Gasteiger charge is -2.47. The molecule has 0 aliphatic carbocycles. The number of fused-ring (bicyclic) bond motifs is 3. The largest absolute Gasteiger partial charge is 0.465 e. The molecule has 376 valence electrons. The molecule has 16 atom stereocenters. The number of rotatable bonds is 12. The quantitative estimate of drug-likeness (QED) is 0.174. The second kappa shape index (κ2) is 25.8. The van der Waals surface area contributed by atoms with Gasteiger partial charge in [-0.05, 0) is 77.4 Å². The number of methoxy groups -OCH3 is 2. The van der Waals surface area contributed by atoms with Gasteiger partial charge < -0.3 is 73.4 Å². The SMILES string of the molecule is CO[C@@H]1[C@H](O)[C@@H](C)O[C@@H](OC[C@H]2/C=C(C)/C=C/C(=O)[C@H](C)CC3CCOC/C(=N\OCc4ccc(C(N)=O)cc4)CO[C@H](CC(=O)OC2)[C@H](C)[C@H]3O[C@@H]2O[C@H](C)[C@@H](O)[C@H](N(C)C)[C@H]2O)[C@@H]1OC. The highest BCUT2D eigenvalue weighted by molar-refractivity contribution is 5.93. The number of benzene rings is 1. The van der Waals surface area contributed by atoms with E-state index < -0.39 is 103 Å². The molecule has 67 heavy (non-hydrogen) atoms. The number of nitrogens with two attached hydrogens (primary N) is 1. The van der Waals surface area contributed by atoms with Crippen molar-refractivity contribution in [1.82, 2.24) is 4.90 Å². The van der Waals surface area contributed by atoms with Crippen LogP contribution in [-0.4, -0.2) is 178 Å². The molecular weight excluding hydrogens is 875 g/mol. The number of likely N-dealkylation sites (N-methyl/N-ethyl adjacent to an activating group) is 1. The molecule has 3 saturated heterocycles. The average Bonchev–Trinajstić information content (AvgIpc) is 3.31. The summed E-state index contributed by atoms with van der Waals surface area (Å²) in [5.41, 5.74) is 7.61. The van der Waals surface area contributed by atoms with E-state index in [1.165, 1.54) is 20.3 Å². The number of aliphatic hydroxyl groups is 3. The first-order valence-corrected chi connectivity index (χ1v) is 23.1. The number of carbonyl (C=O) groups is 3. The molecule has 0 spiro atoms. The molecule has 19 heteroatoms. The first-order valence-electron chi connectivity index (χ1n) is 23.1. The first kappa shape index (κ1) is 54.2. The summed E-state index contributed by atoms with van der Waals surface area (Å²) in [6.45, 7) is 9.11. The Balaban J connectivity index is 1.46. The van der Waals surface area contributed by atoms with Gasteiger partial charge in [0.25, 0.3) is 0 Å². The fraction of sp³-hybridized carbons (Fsp3) is 0.708. The Morgan fingerprint density at radius 3 is 2.25 bits per heavy atom. The Morgan fingerprint density at radius 2 is 1.58 bits per heavy atom. The molecule has 1 aromatic rings. The number of amides is 1. The molecule has 19 nitrogen and oxygen atoms in total. The summed E-state index contributed by atoms with van der Waals surface area (Å²) in [4.78, 5) is 47.0. The summed E-state index contributed by atoms with van der Waals surface area (Å²) in [6, 6.07) is 5.90. The monoisotopic (exact) mass is 947 g/mol. The molecule has 4 heterocycles. The van der Waals surface area contributed by atoms with E-state index in [1.807, 2.05) is 26.8 Å². The van der Waals surface area contributed by atoms with Crippen LogP contribution in [0.25, 0.3) is 0 Å². The van der Waals surface area contributed by atoms with Crippen LogP contribution in [0.3, 0.4) is 0 Å². The van der Waals surface area contributed by atoms with E-state index in [2.05, 4.69) is 5.16 Å². The van der Waals surface area contributed by atoms with Gasteiger partial charge in [-0.3, -0.25) is 14.4 Å². The van der Waals surface area contributed by atoms with E-state index in [0.717, 1.165) is 11.1 Å². The minimum absolute atomic E-state index is 0.0143. The van der Waals surface area contributed by atoms with E-state index in [4.69, 9.17) is 53.2 Å². The molecule has 0 aromatic heterocycles. The summed E-state index contributed by atoms with van der Waals surface area (Å²) in [5, 5.41) is 37.7. The second-order valence-electron chi connectivity index (χ2n) is 18.4. The Morgan fingerprint density at radius 1 is 0.896 bits per heavy atom. The molecule has 2 bridgehead atoms. The van der Waals surface area contributed by atoms with Crippen LogP contribution in [-0.2, 0) is 63.7 Å². The number of primary amides is 1. The zero-order chi connectivity index (χ0) is 48.9. The molecular formula is C48H73N3O16. The molecule has 3 fully saturated rings. The van der Waals surface area contributed by atoms with E-state index in [1.54, 1.807) is 63.2 Å². The van der Waals surface area contributed by atoms with Crippen LogP contribution in [0, 0.1) is 23.7 Å². The van der Waals surface area contributed by atoms with Crippen molar-refractivity contribution in [3.05, 3.63) is 59.2 Å². The van der Waals surface area contributed by atoms with Gasteiger partial charge in [-0.2, -0.15) is 0 Å². The molecule has 4 aliphatic heterocycles. The standard InChI is InChI=1S/C48H73N3O16/c1-26-10-15-36(52)27(2)19-34-16-17-60-24-35(50-64-23-31-11-13-33(14-12-31)46(49)57)25-61-37(28(3)43(34)67-47-42(56)39(51(6)7)40(54)29(4)65-47)20-38(53)62-21-32(18-26)22-63-48-45(59-9)44(58-8)41(55)30(5)66-48/h10-15,18,27-30,32,34,37,39-45,47-48,54-56H,16-17,19-25H2,1-9H3,(H2,49,57)/b15-10+,26-18+,50-35+/t27-,28+,29-,30-,32+,34?,37-,39+,40-,41-,42-,43-,44-,45-,47+,48-/m1/s1. The summed E-state index contributed by atoms with van der Waals surface area (Å²) in [6.07, 6.45) is -4.17. The summed E-state index contributed by atoms with van der Waals surface area (Å²) >= 11 is 0. The summed E-state index contributed by atoms with van der Waals surface area (Å²) in [7, 11) is 6.46. The van der Waals surface area contributed by atoms with Gasteiger partial charge in [0.05, 0.1) is 69.4 Å². The van der Waals surface area contributed by atoms with Crippen LogP contribution in [0.5, 0.6) is 0 Å². The highest BCUT2D eigenvalue weighted by Crippen LogP contribution is 2.36. The van der Waals surface area contributed by atoms with Gasteiger partial charge in [-0.25, -0.2) is 0 Å². The number of oxime groups is 1. The van der Waals surface area contributed by atoms with E-state index in [0.29, 0.717) is 24.1 Å². The van der Waals surface area contributed by atoms with Crippen LogP contribution < -0.4 is 5.73 Å². The van der Waals surface area contributed by atoms with Gasteiger partial charge in [0, 0.05) is 44.1 Å². The van der Waals surface area contributed by atoms with Crippen molar-refractivity contribution in [3.8, 4) is 0 Å². The molecule has 5 rings (SSSR count). The lowest BCUT2D eigenvalue weighted by molar-refractivity contribution is -0.305. The van der Waals surface area contributed by atoms with Crippen LogP contribution >= 0.6 is 0 Å². The maximum absolute atomic E-state index is 14.1. The molecule has 0 radical (unpaired) electrons. The van der Waals surface area contributed by atoms with Gasteiger partial charge in [0.15, 0.2) is 18.4 Å². The van der Waals surface area contributed by atoms with Crippen molar-refractivity contribution >= 4 is 23.4 Å². The number of carbonyl (C=O) groups excluding carboxylic acids is 3. The number of ether oxygens (including phenoxy) is 9. The maximum atomic E-state index is 14.1. The third kappa shape index (κ3) is 14.9. The minimum atomic E-state index is -1.27. The minimum Gasteiger partial charge on any atom is -0.465 e. The third-order valence-corrected chi connectivity index (χ3v) is 13.0. The predicted molar refractivity (Wildman–Crippen MR) is 242 cm³/mol. The molecule has 0 saturated carbocycles. The smallest absolute Gasteiger partial charge is 0.308 e. The third-order valence-electron chi connectivity index (χ3n) is 13.0. The number of hydrogen-bond donors (Lipinski definition) is 4. The van der Waals surface area contributed by atoms with Crippen molar-refractivity contribution in [2.24, 2.45) is 34.6 Å². The highest BCUT2D eigenvalue weighted by atomic mass is 16.7. The van der Waals surface area contributed by atoms with E-state index in [-0.39, 0.29) is 57.8 Å². The molecule has 4 aliphatic rings. The van der Waals surface area contributed by atoms with Gasteiger partial charge in [-0.15, -0.1) is 0 Å². The van der Waals surface area contributed by atoms with Crippen LogP contribution in [0.1, 0.15) is 69.8 Å². The zero-order valence-corrected chi connectivity index (χ0v) is 40.3. The number of esters is 1. The number of allylic oxidation sites excluding steroid dienone is 3. The predicted octanol–water partition coefficient (Wildman–Crippen LogP) is 2.31. The fourth-order valence-electron chi connectivity index (χ4n) is 9.07. The molecule has 1 amide bonds. The number of hydrogen-bond acceptors (Lipinski definition) is 18. The molecule has 1 aromatic carbocycles. The number of aliphatic hydroxyl groups excluding tert-OH is 3. The second-order valence-corrected chi connectivity index (χ2v) is 18.4. The highest BCUT2D eigenvalue weighted by Gasteiger charge is 2.48. The topological polar surface area (TPSA) is 246 Å². The van der Waals surface area contributed by atoms with Crippen LogP contribution in [0.4, 0.5) is 0 Å². The fourth-order valence-corrected chi connectivity index (χ4v) is 9.07. The van der Waals surface area contributed by atoms with E-state index >= 15 is 0 Å². The van der Waals surface area contributed by atoms with Crippen LogP contribution in [0.2, 0.25) is 0 Å². The number of cyclic esters (lactones) is 1. The van der Waals surface area contributed by atoms with Crippen molar-refractivity contribution in [1.29, 1.82) is 0 Å². The Bertz CT molecular complexity index is 1840. The Hall–Kier alpha value is -3.70. The average molecular weight is 948 g/mol. The van der Waals surface area contributed by atoms with Crippen LogP contribution in [0.15, 0.2) is 53.2 Å². The van der Waals surface area contributed by atoms with Gasteiger partial charge >= 0.3 is 5.97 Å². The molecule has 1 unspecified atom stereocenters. The zero-order valence-electron chi connectivity index (χ0n) is 40.3. The molecule has 5 N–H and O–H groups in total. The maximum Gasteiger partial charge on any atom is 0.308 e. The summed E-state index contributed by atoms with van der Waals surface area (Å²) in [5.74, 6) is -3.24. The van der Waals surface area contributed by atoms with E-state index in [9.17, 15) is 29.7 Å². The number of ketones is 1. The van der Waals surface area contributed by atoms with Crippen molar-refractivity contribution < 1.29 is 77.2 Å². The van der Waals surface area contributed by atoms with Gasteiger partial charge in [0.1, 0.15) is 36.7 Å². The van der Waals surface area contributed by atoms with Crippen molar-refractivity contribution in [2.75, 3.05) is 61.3 Å². The lowest BCUT2D eigenvalue weighted by Crippen LogP contribution is -2.63. The number of nitrogens with zero attached hydrogens (tertiary/aromatic N) is 2. The van der Waals surface area contributed by atoms with Crippen molar-refractivity contribution in [3.63, 3.8) is 0 Å². The Kier molecular flexibility index (Phi) is 20.9. The van der Waals surface area contributed by atoms with Crippen molar-refractivity contribution in [2.45, 2.75) is 134 Å². The van der Waals surface area contributed by atoms with Gasteiger partial charge in [-0.1, -0.05) is 48.9 Å². The Labute approximate surface area is 393 Å². The van der Waals surface area contributed by atoms with Gasteiger partial charge in [0.2, 0.25) is 5.91 Å². The summed E-state index contributed by atoms with van der Waals surface area (Å²) < 4.78 is 55.1.